The van der Waals surface area contributed by atoms with Crippen LogP contribution >= 0.6 is 15.9 Å². The minimum atomic E-state index is -0.933. The van der Waals surface area contributed by atoms with Gasteiger partial charge in [0.05, 0.1) is 12.2 Å². The van der Waals surface area contributed by atoms with Crippen molar-refractivity contribution < 1.29 is 14.6 Å². The average molecular weight is 325 g/mol. The highest BCUT2D eigenvalue weighted by atomic mass is 79.9. The first-order valence-electron chi connectivity index (χ1n) is 6.79. The highest BCUT2D eigenvalue weighted by Crippen LogP contribution is 2.48. The summed E-state index contributed by atoms with van der Waals surface area (Å²) in [7, 11) is 0. The molecule has 0 spiro atoms. The van der Waals surface area contributed by atoms with Gasteiger partial charge in [-0.3, -0.25) is 0 Å². The number of halogens is 1. The average Bonchev–Trinajstić information content (AvgIpc) is 2.99. The van der Waals surface area contributed by atoms with Gasteiger partial charge in [-0.15, -0.1) is 0 Å². The second-order valence-corrected chi connectivity index (χ2v) is 6.55. The van der Waals surface area contributed by atoms with E-state index in [1.165, 1.54) is 25.7 Å². The normalized spacial score (nSPS) is 28.6. The van der Waals surface area contributed by atoms with Crippen LogP contribution in [0.25, 0.3) is 0 Å². The molecule has 2 saturated carbocycles. The molecule has 2 aliphatic carbocycles. The lowest BCUT2D eigenvalue weighted by Gasteiger charge is -2.21. The van der Waals surface area contributed by atoms with Crippen molar-refractivity contribution in [2.45, 2.75) is 25.7 Å². The third-order valence-electron chi connectivity index (χ3n) is 4.52. The van der Waals surface area contributed by atoms with Gasteiger partial charge >= 0.3 is 5.97 Å². The van der Waals surface area contributed by atoms with Crippen molar-refractivity contribution in [3.05, 3.63) is 28.2 Å². The van der Waals surface area contributed by atoms with E-state index in [1.807, 2.05) is 6.07 Å². The molecule has 3 unspecified atom stereocenters. The van der Waals surface area contributed by atoms with Gasteiger partial charge in [0.15, 0.2) is 0 Å². The Morgan fingerprint density at radius 1 is 1.37 bits per heavy atom. The molecule has 0 saturated heterocycles. The monoisotopic (exact) mass is 324 g/mol. The molecule has 3 rings (SSSR count). The first-order chi connectivity index (χ1) is 9.13. The van der Waals surface area contributed by atoms with Crippen molar-refractivity contribution in [1.82, 2.24) is 0 Å². The van der Waals surface area contributed by atoms with Crippen molar-refractivity contribution in [1.29, 1.82) is 0 Å². The number of carboxylic acid groups (broad SMARTS) is 1. The number of carboxylic acids is 1. The molecule has 4 heteroatoms. The van der Waals surface area contributed by atoms with E-state index in [4.69, 9.17) is 9.84 Å². The molecule has 3 nitrogen and oxygen atoms in total. The molecule has 0 aliphatic heterocycles. The molecule has 2 bridgehead atoms. The van der Waals surface area contributed by atoms with Crippen LogP contribution in [0.5, 0.6) is 5.75 Å². The molecule has 2 fully saturated rings. The highest BCUT2D eigenvalue weighted by molar-refractivity contribution is 9.10. The van der Waals surface area contributed by atoms with E-state index in [9.17, 15) is 4.79 Å². The zero-order valence-corrected chi connectivity index (χ0v) is 12.2. The minimum Gasteiger partial charge on any atom is -0.493 e. The maximum Gasteiger partial charge on any atom is 0.336 e. The fourth-order valence-electron chi connectivity index (χ4n) is 3.54. The number of ether oxygens (including phenoxy) is 1. The summed E-state index contributed by atoms with van der Waals surface area (Å²) in [5.74, 6) is 2.13. The number of fused-ring (bicyclic) bond motifs is 2. The van der Waals surface area contributed by atoms with Crippen LogP contribution in [0.15, 0.2) is 22.7 Å². The Bertz CT molecular complexity index is 500. The molecular weight excluding hydrogens is 308 g/mol. The van der Waals surface area contributed by atoms with Gasteiger partial charge in [-0.05, 0) is 71.1 Å². The maximum absolute atomic E-state index is 11.1. The molecule has 1 aromatic rings. The van der Waals surface area contributed by atoms with Crippen LogP contribution < -0.4 is 4.74 Å². The quantitative estimate of drug-likeness (QED) is 0.911. The zero-order valence-electron chi connectivity index (χ0n) is 10.6. The van der Waals surface area contributed by atoms with Crippen molar-refractivity contribution in [3.8, 4) is 5.75 Å². The molecule has 2 aliphatic rings. The molecule has 19 heavy (non-hydrogen) atoms. The highest BCUT2D eigenvalue weighted by Gasteiger charge is 2.39. The van der Waals surface area contributed by atoms with Crippen LogP contribution in [0.3, 0.4) is 0 Å². The second kappa shape index (κ2) is 5.16. The van der Waals surface area contributed by atoms with Crippen molar-refractivity contribution >= 4 is 21.9 Å². The number of rotatable bonds is 4. The minimum absolute atomic E-state index is 0.255. The van der Waals surface area contributed by atoms with Gasteiger partial charge < -0.3 is 9.84 Å². The van der Waals surface area contributed by atoms with E-state index >= 15 is 0 Å². The predicted octanol–water partition coefficient (Wildman–Crippen LogP) is 3.96. The van der Waals surface area contributed by atoms with Gasteiger partial charge in [0.1, 0.15) is 5.75 Å². The van der Waals surface area contributed by atoms with Crippen molar-refractivity contribution in [2.24, 2.45) is 17.8 Å². The summed E-state index contributed by atoms with van der Waals surface area (Å²) in [6.45, 7) is 0.724. The summed E-state index contributed by atoms with van der Waals surface area (Å²) in [5.41, 5.74) is 0.255. The third-order valence-corrected chi connectivity index (χ3v) is 5.21. The van der Waals surface area contributed by atoms with Crippen LogP contribution in [0.2, 0.25) is 0 Å². The Balaban J connectivity index is 1.64. The molecule has 1 N–H and O–H groups in total. The van der Waals surface area contributed by atoms with E-state index in [1.54, 1.807) is 12.1 Å². The van der Waals surface area contributed by atoms with E-state index < -0.39 is 5.97 Å². The van der Waals surface area contributed by atoms with Gasteiger partial charge in [0.25, 0.3) is 0 Å². The topological polar surface area (TPSA) is 46.5 Å². The molecule has 102 valence electrons. The second-order valence-electron chi connectivity index (χ2n) is 5.69. The van der Waals surface area contributed by atoms with E-state index in [0.29, 0.717) is 16.1 Å². The zero-order chi connectivity index (χ0) is 13.4. The van der Waals surface area contributed by atoms with Gasteiger partial charge in [-0.1, -0.05) is 6.42 Å². The SMILES string of the molecule is O=C(O)c1cc(OCC2CC3CCC2C3)ccc1Br. The lowest BCUT2D eigenvalue weighted by Crippen LogP contribution is -2.18. The van der Waals surface area contributed by atoms with Crippen molar-refractivity contribution in [3.63, 3.8) is 0 Å². The van der Waals surface area contributed by atoms with E-state index in [0.717, 1.165) is 18.4 Å². The number of hydrogen-bond donors (Lipinski definition) is 1. The Labute approximate surface area is 121 Å². The Morgan fingerprint density at radius 2 is 2.21 bits per heavy atom. The van der Waals surface area contributed by atoms with Crippen LogP contribution in [-0.2, 0) is 0 Å². The lowest BCUT2D eigenvalue weighted by atomic mass is 9.89. The summed E-state index contributed by atoms with van der Waals surface area (Å²) in [6, 6.07) is 5.16. The third kappa shape index (κ3) is 2.64. The summed E-state index contributed by atoms with van der Waals surface area (Å²) in [4.78, 5) is 11.1. The maximum atomic E-state index is 11.1. The van der Waals surface area contributed by atoms with Gasteiger partial charge in [-0.25, -0.2) is 4.79 Å². The number of carbonyl (C=O) groups is 1. The van der Waals surface area contributed by atoms with Crippen LogP contribution in [0.1, 0.15) is 36.0 Å². The smallest absolute Gasteiger partial charge is 0.336 e. The van der Waals surface area contributed by atoms with Crippen LogP contribution in [0.4, 0.5) is 0 Å². The standard InChI is InChI=1S/C15H17BrO3/c16-14-4-3-12(7-13(14)15(17)18)19-8-11-6-9-1-2-10(11)5-9/h3-4,7,9-11H,1-2,5-6,8H2,(H,17,18). The predicted molar refractivity (Wildman–Crippen MR) is 75.5 cm³/mol. The van der Waals surface area contributed by atoms with E-state index in [-0.39, 0.29) is 5.56 Å². The fraction of sp³-hybridized carbons (Fsp3) is 0.533. The Morgan fingerprint density at radius 3 is 2.84 bits per heavy atom. The largest absolute Gasteiger partial charge is 0.493 e. The molecule has 0 radical (unpaired) electrons. The molecular formula is C15H17BrO3. The van der Waals surface area contributed by atoms with Crippen LogP contribution in [-0.4, -0.2) is 17.7 Å². The summed E-state index contributed by atoms with van der Waals surface area (Å²) in [6.07, 6.45) is 5.39. The fourth-order valence-corrected chi connectivity index (χ4v) is 3.96. The van der Waals surface area contributed by atoms with Gasteiger partial charge in [0, 0.05) is 4.47 Å². The Kier molecular flexibility index (Phi) is 3.52. The number of hydrogen-bond acceptors (Lipinski definition) is 2. The molecule has 3 atom stereocenters. The van der Waals surface area contributed by atoms with Gasteiger partial charge in [-0.2, -0.15) is 0 Å². The summed E-state index contributed by atoms with van der Waals surface area (Å²) < 4.78 is 6.39. The molecule has 0 amide bonds. The summed E-state index contributed by atoms with van der Waals surface area (Å²) in [5, 5.41) is 9.07. The van der Waals surface area contributed by atoms with Gasteiger partial charge in [0.2, 0.25) is 0 Å². The first-order valence-corrected chi connectivity index (χ1v) is 7.58. The molecule has 1 aromatic carbocycles. The lowest BCUT2D eigenvalue weighted by molar-refractivity contribution is 0.0695. The molecule has 0 heterocycles. The number of benzene rings is 1. The Hall–Kier alpha value is -1.03. The van der Waals surface area contributed by atoms with E-state index in [2.05, 4.69) is 15.9 Å². The first kappa shape index (κ1) is 13.0. The number of aromatic carboxylic acids is 1. The van der Waals surface area contributed by atoms with Crippen molar-refractivity contribution in [2.75, 3.05) is 6.61 Å². The van der Waals surface area contributed by atoms with Crippen LogP contribution in [0, 0.1) is 17.8 Å². The molecule has 0 aromatic heterocycles. The summed E-state index contributed by atoms with van der Waals surface area (Å²) >= 11 is 3.24.